The molecule has 0 aliphatic heterocycles. The van der Waals surface area contributed by atoms with E-state index in [1.165, 1.54) is 16.3 Å². The average molecular weight is 327 g/mol. The Kier molecular flexibility index (Phi) is 3.75. The van der Waals surface area contributed by atoms with Crippen LogP contribution in [0.15, 0.2) is 71.2 Å². The molecule has 0 aromatic heterocycles. The second-order valence-electron chi connectivity index (χ2n) is 4.82. The highest BCUT2D eigenvalue weighted by Crippen LogP contribution is 2.27. The first-order valence-electron chi connectivity index (χ1n) is 6.63. The van der Waals surface area contributed by atoms with E-state index in [4.69, 9.17) is 4.74 Å². The van der Waals surface area contributed by atoms with E-state index < -0.39 is 0 Å². The molecular formula is C18H15BrO. The second kappa shape index (κ2) is 5.68. The molecule has 1 nitrogen and oxygen atoms in total. The van der Waals surface area contributed by atoms with Crippen molar-refractivity contribution in [1.29, 1.82) is 0 Å². The summed E-state index contributed by atoms with van der Waals surface area (Å²) in [6.07, 6.45) is 0.0455. The fourth-order valence-electron chi connectivity index (χ4n) is 2.26. The Morgan fingerprint density at radius 2 is 1.55 bits per heavy atom. The fraction of sp³-hybridized carbons (Fsp3) is 0.111. The molecule has 0 aliphatic rings. The zero-order valence-corrected chi connectivity index (χ0v) is 12.8. The van der Waals surface area contributed by atoms with Crippen molar-refractivity contribution in [3.63, 3.8) is 0 Å². The highest BCUT2D eigenvalue weighted by Gasteiger charge is 2.07. The van der Waals surface area contributed by atoms with Crippen molar-refractivity contribution in [3.05, 3.63) is 76.8 Å². The third-order valence-electron chi connectivity index (χ3n) is 3.36. The van der Waals surface area contributed by atoms with Crippen LogP contribution in [-0.4, -0.2) is 0 Å². The standard InChI is InChI=1S/C18H15BrO/c1-13(14-5-3-2-4-6-14)20-18-10-8-15-11-17(19)9-7-16(15)12-18/h2-13H,1H3. The maximum atomic E-state index is 6.03. The summed E-state index contributed by atoms with van der Waals surface area (Å²) in [5.74, 6) is 0.899. The van der Waals surface area contributed by atoms with Crippen molar-refractivity contribution in [2.75, 3.05) is 0 Å². The summed E-state index contributed by atoms with van der Waals surface area (Å²) in [6.45, 7) is 2.07. The maximum absolute atomic E-state index is 6.03. The predicted molar refractivity (Wildman–Crippen MR) is 87.1 cm³/mol. The Balaban J connectivity index is 1.86. The lowest BCUT2D eigenvalue weighted by Gasteiger charge is -2.15. The van der Waals surface area contributed by atoms with Gasteiger partial charge in [-0.25, -0.2) is 0 Å². The molecule has 1 atom stereocenters. The molecule has 0 amide bonds. The van der Waals surface area contributed by atoms with Crippen molar-refractivity contribution < 1.29 is 4.74 Å². The third-order valence-corrected chi connectivity index (χ3v) is 3.85. The van der Waals surface area contributed by atoms with Crippen molar-refractivity contribution in [2.24, 2.45) is 0 Å². The quantitative estimate of drug-likeness (QED) is 0.596. The smallest absolute Gasteiger partial charge is 0.121 e. The lowest BCUT2D eigenvalue weighted by atomic mass is 10.1. The first kappa shape index (κ1) is 13.2. The van der Waals surface area contributed by atoms with E-state index in [0.29, 0.717) is 0 Å². The number of fused-ring (bicyclic) bond motifs is 1. The summed E-state index contributed by atoms with van der Waals surface area (Å²) >= 11 is 3.49. The Bertz CT molecular complexity index is 722. The molecule has 20 heavy (non-hydrogen) atoms. The van der Waals surface area contributed by atoms with Crippen molar-refractivity contribution in [3.8, 4) is 5.75 Å². The van der Waals surface area contributed by atoms with Crippen LogP contribution >= 0.6 is 15.9 Å². The fourth-order valence-corrected chi connectivity index (χ4v) is 2.64. The molecule has 0 heterocycles. The minimum absolute atomic E-state index is 0.0455. The molecule has 0 radical (unpaired) electrons. The molecule has 0 N–H and O–H groups in total. The van der Waals surface area contributed by atoms with Gasteiger partial charge in [0.1, 0.15) is 11.9 Å². The molecule has 0 saturated heterocycles. The molecule has 100 valence electrons. The van der Waals surface area contributed by atoms with Crippen molar-refractivity contribution in [1.82, 2.24) is 0 Å². The molecule has 2 heteroatoms. The number of hydrogen-bond donors (Lipinski definition) is 0. The Morgan fingerprint density at radius 3 is 2.35 bits per heavy atom. The minimum Gasteiger partial charge on any atom is -0.486 e. The van der Waals surface area contributed by atoms with Gasteiger partial charge in [0, 0.05) is 4.47 Å². The van der Waals surface area contributed by atoms with E-state index in [9.17, 15) is 0 Å². The average Bonchev–Trinajstić information content (AvgIpc) is 2.48. The van der Waals surface area contributed by atoms with Crippen LogP contribution in [0.3, 0.4) is 0 Å². The third kappa shape index (κ3) is 2.86. The first-order chi connectivity index (χ1) is 9.72. The van der Waals surface area contributed by atoms with Crippen molar-refractivity contribution >= 4 is 26.7 Å². The lowest BCUT2D eigenvalue weighted by Crippen LogP contribution is -2.02. The van der Waals surface area contributed by atoms with Gasteiger partial charge in [-0.2, -0.15) is 0 Å². The second-order valence-corrected chi connectivity index (χ2v) is 5.74. The van der Waals surface area contributed by atoms with Gasteiger partial charge >= 0.3 is 0 Å². The van der Waals surface area contributed by atoms with Gasteiger partial charge in [-0.15, -0.1) is 0 Å². The molecule has 0 aliphatic carbocycles. The number of hydrogen-bond acceptors (Lipinski definition) is 1. The van der Waals surface area contributed by atoms with E-state index in [2.05, 4.69) is 59.3 Å². The summed E-state index contributed by atoms with van der Waals surface area (Å²) in [6, 6.07) is 22.7. The van der Waals surface area contributed by atoms with Gasteiger partial charge < -0.3 is 4.74 Å². The molecule has 3 rings (SSSR count). The maximum Gasteiger partial charge on any atom is 0.121 e. The van der Waals surface area contributed by atoms with E-state index in [-0.39, 0.29) is 6.10 Å². The van der Waals surface area contributed by atoms with Crippen LogP contribution in [0, 0.1) is 0 Å². The van der Waals surface area contributed by atoms with Gasteiger partial charge in [0.25, 0.3) is 0 Å². The van der Waals surface area contributed by atoms with Crippen LogP contribution in [0.25, 0.3) is 10.8 Å². The molecule has 0 bridgehead atoms. The SMILES string of the molecule is CC(Oc1ccc2cc(Br)ccc2c1)c1ccccc1. The largest absolute Gasteiger partial charge is 0.486 e. The van der Waals surface area contributed by atoms with Gasteiger partial charge in [0.2, 0.25) is 0 Å². The van der Waals surface area contributed by atoms with Gasteiger partial charge in [-0.1, -0.05) is 58.4 Å². The highest BCUT2D eigenvalue weighted by atomic mass is 79.9. The van der Waals surface area contributed by atoms with Gasteiger partial charge in [0.15, 0.2) is 0 Å². The van der Waals surface area contributed by atoms with E-state index in [0.717, 1.165) is 10.2 Å². The summed E-state index contributed by atoms with van der Waals surface area (Å²) < 4.78 is 7.12. The lowest BCUT2D eigenvalue weighted by molar-refractivity contribution is 0.227. The Labute approximate surface area is 127 Å². The van der Waals surface area contributed by atoms with Crippen LogP contribution in [0.1, 0.15) is 18.6 Å². The van der Waals surface area contributed by atoms with Gasteiger partial charge in [0.05, 0.1) is 0 Å². The minimum atomic E-state index is 0.0455. The molecule has 3 aromatic rings. The molecule has 0 saturated carbocycles. The molecule has 1 unspecified atom stereocenters. The normalized spacial score (nSPS) is 12.3. The van der Waals surface area contributed by atoms with E-state index >= 15 is 0 Å². The highest BCUT2D eigenvalue weighted by molar-refractivity contribution is 9.10. The predicted octanol–water partition coefficient (Wildman–Crippen LogP) is 5.74. The number of benzene rings is 3. The summed E-state index contributed by atoms with van der Waals surface area (Å²) in [7, 11) is 0. The Hall–Kier alpha value is -1.80. The van der Waals surface area contributed by atoms with E-state index in [1.54, 1.807) is 0 Å². The van der Waals surface area contributed by atoms with Crippen molar-refractivity contribution in [2.45, 2.75) is 13.0 Å². The number of rotatable bonds is 3. The topological polar surface area (TPSA) is 9.23 Å². The zero-order valence-electron chi connectivity index (χ0n) is 11.2. The van der Waals surface area contributed by atoms with Gasteiger partial charge in [-0.3, -0.25) is 0 Å². The van der Waals surface area contributed by atoms with Crippen LogP contribution in [-0.2, 0) is 0 Å². The monoisotopic (exact) mass is 326 g/mol. The van der Waals surface area contributed by atoms with Crippen LogP contribution in [0.5, 0.6) is 5.75 Å². The summed E-state index contributed by atoms with van der Waals surface area (Å²) in [5.41, 5.74) is 1.18. The summed E-state index contributed by atoms with van der Waals surface area (Å²) in [5, 5.41) is 2.39. The van der Waals surface area contributed by atoms with Crippen LogP contribution in [0.4, 0.5) is 0 Å². The molecule has 0 fully saturated rings. The molecule has 3 aromatic carbocycles. The first-order valence-corrected chi connectivity index (χ1v) is 7.42. The van der Waals surface area contributed by atoms with Crippen LogP contribution in [0.2, 0.25) is 0 Å². The zero-order chi connectivity index (χ0) is 13.9. The number of halogens is 1. The molecule has 0 spiro atoms. The van der Waals surface area contributed by atoms with Gasteiger partial charge in [-0.05, 0) is 47.5 Å². The summed E-state index contributed by atoms with van der Waals surface area (Å²) in [4.78, 5) is 0. The number of ether oxygens (including phenoxy) is 1. The van der Waals surface area contributed by atoms with E-state index in [1.807, 2.05) is 30.3 Å². The Morgan fingerprint density at radius 1 is 0.850 bits per heavy atom. The van der Waals surface area contributed by atoms with Crippen LogP contribution < -0.4 is 4.74 Å². The molecular weight excluding hydrogens is 312 g/mol.